The van der Waals surface area contributed by atoms with E-state index in [1.165, 1.54) is 9.80 Å². The predicted molar refractivity (Wildman–Crippen MR) is 113 cm³/mol. The zero-order chi connectivity index (χ0) is 22.0. The summed E-state index contributed by atoms with van der Waals surface area (Å²) in [6.45, 7) is 2.24. The summed E-state index contributed by atoms with van der Waals surface area (Å²) in [5.74, 6) is -1.13. The van der Waals surface area contributed by atoms with E-state index in [0.29, 0.717) is 35.3 Å². The largest absolute Gasteiger partial charge is 0.458 e. The van der Waals surface area contributed by atoms with Gasteiger partial charge in [0.05, 0.1) is 22.9 Å². The van der Waals surface area contributed by atoms with Crippen LogP contribution in [-0.2, 0) is 20.9 Å². The van der Waals surface area contributed by atoms with Crippen LogP contribution in [0.2, 0.25) is 0 Å². The molecule has 2 aliphatic rings. The highest BCUT2D eigenvalue weighted by Crippen LogP contribution is 2.45. The van der Waals surface area contributed by atoms with Crippen molar-refractivity contribution in [3.05, 3.63) is 65.2 Å². The maximum absolute atomic E-state index is 13.6. The van der Waals surface area contributed by atoms with Crippen molar-refractivity contribution in [3.8, 4) is 6.07 Å². The first-order chi connectivity index (χ1) is 15.0. The zero-order valence-corrected chi connectivity index (χ0v) is 17.3. The second-order valence-corrected chi connectivity index (χ2v) is 7.72. The lowest BCUT2D eigenvalue weighted by molar-refractivity contribution is -0.158. The Morgan fingerprint density at radius 3 is 2.68 bits per heavy atom. The van der Waals surface area contributed by atoms with E-state index in [-0.39, 0.29) is 31.3 Å². The molecule has 158 valence electrons. The zero-order valence-electron chi connectivity index (χ0n) is 17.3. The Morgan fingerprint density at radius 1 is 1.16 bits per heavy atom. The number of ether oxygens (including phenoxy) is 1. The Labute approximate surface area is 180 Å². The normalized spacial score (nSPS) is 19.6. The van der Waals surface area contributed by atoms with Crippen molar-refractivity contribution < 1.29 is 19.1 Å². The first-order valence-electron chi connectivity index (χ1n) is 10.4. The van der Waals surface area contributed by atoms with Crippen molar-refractivity contribution in [2.75, 3.05) is 11.4 Å². The van der Waals surface area contributed by atoms with Gasteiger partial charge in [-0.3, -0.25) is 14.5 Å². The fourth-order valence-corrected chi connectivity index (χ4v) is 4.38. The summed E-state index contributed by atoms with van der Waals surface area (Å²) in [5.41, 5.74) is 0.344. The molecule has 31 heavy (non-hydrogen) atoms. The number of anilines is 1. The Bertz CT molecular complexity index is 1090. The number of unbranched alkanes of at least 4 members (excludes halogenated alkanes) is 1. The van der Waals surface area contributed by atoms with Crippen LogP contribution < -0.4 is 4.90 Å². The topological polar surface area (TPSA) is 90.7 Å². The highest BCUT2D eigenvalue weighted by Gasteiger charge is 2.61. The molecule has 0 N–H and O–H groups in total. The van der Waals surface area contributed by atoms with Crippen LogP contribution in [0.25, 0.3) is 0 Å². The fraction of sp³-hybridized carbons (Fsp3) is 0.333. The minimum atomic E-state index is -1.50. The molecule has 7 nitrogen and oxygen atoms in total. The average molecular weight is 417 g/mol. The highest BCUT2D eigenvalue weighted by molar-refractivity contribution is 6.15. The summed E-state index contributed by atoms with van der Waals surface area (Å²) in [5, 5.41) is 9.30. The first kappa shape index (κ1) is 20.6. The molecule has 1 atom stereocenters. The number of hydrogen-bond acceptors (Lipinski definition) is 5. The van der Waals surface area contributed by atoms with Gasteiger partial charge in [0, 0.05) is 24.9 Å². The molecule has 2 heterocycles. The Hall–Kier alpha value is -3.66. The molecule has 0 spiro atoms. The van der Waals surface area contributed by atoms with Crippen molar-refractivity contribution >= 4 is 23.5 Å². The van der Waals surface area contributed by atoms with Crippen molar-refractivity contribution in [2.45, 2.75) is 44.9 Å². The van der Waals surface area contributed by atoms with Crippen LogP contribution in [0.15, 0.2) is 48.5 Å². The van der Waals surface area contributed by atoms with Crippen LogP contribution in [0.4, 0.5) is 5.69 Å². The van der Waals surface area contributed by atoms with Gasteiger partial charge in [0.25, 0.3) is 5.91 Å². The maximum Gasteiger partial charge on any atom is 0.354 e. The summed E-state index contributed by atoms with van der Waals surface area (Å²) in [7, 11) is 0. The number of carbonyl (C=O) groups is 3. The van der Waals surface area contributed by atoms with E-state index in [9.17, 15) is 19.6 Å². The van der Waals surface area contributed by atoms with Crippen LogP contribution in [0.5, 0.6) is 0 Å². The molecule has 4 rings (SSSR count). The lowest BCUT2D eigenvalue weighted by atomic mass is 9.96. The third kappa shape index (κ3) is 3.25. The number of rotatable bonds is 6. The Kier molecular flexibility index (Phi) is 5.47. The minimum absolute atomic E-state index is 0.107. The molecule has 0 radical (unpaired) electrons. The number of esters is 1. The fourth-order valence-electron chi connectivity index (χ4n) is 4.38. The third-order valence-corrected chi connectivity index (χ3v) is 5.93. The average Bonchev–Trinajstić information content (AvgIpc) is 3.15. The van der Waals surface area contributed by atoms with Gasteiger partial charge in [0.1, 0.15) is 6.61 Å². The van der Waals surface area contributed by atoms with E-state index in [2.05, 4.69) is 6.07 Å². The van der Waals surface area contributed by atoms with Gasteiger partial charge in [0.2, 0.25) is 11.6 Å². The number of fused-ring (bicyclic) bond motifs is 3. The predicted octanol–water partition coefficient (Wildman–Crippen LogP) is 3.38. The molecule has 1 saturated heterocycles. The standard InChI is InChI=1S/C24H23N3O4/c1-2-3-14-26-22(29)19-10-6-7-11-20(19)27-21(28)12-13-24(26,27)23(30)31-16-18-9-5-4-8-17(18)15-25/h4-11H,2-3,12-14,16H2,1H3/t24-/m1/s1. The molecule has 1 fully saturated rings. The van der Waals surface area contributed by atoms with Crippen molar-refractivity contribution in [1.29, 1.82) is 5.26 Å². The van der Waals surface area contributed by atoms with Gasteiger partial charge >= 0.3 is 5.97 Å². The molecule has 0 aliphatic carbocycles. The van der Waals surface area contributed by atoms with Gasteiger partial charge in [-0.25, -0.2) is 4.79 Å². The van der Waals surface area contributed by atoms with Crippen LogP contribution in [-0.4, -0.2) is 34.9 Å². The molecule has 2 aromatic carbocycles. The number of carbonyl (C=O) groups excluding carboxylic acids is 3. The van der Waals surface area contributed by atoms with E-state index in [0.717, 1.165) is 6.42 Å². The molecular weight excluding hydrogens is 394 g/mol. The summed E-state index contributed by atoms with van der Waals surface area (Å²) >= 11 is 0. The summed E-state index contributed by atoms with van der Waals surface area (Å²) in [4.78, 5) is 42.8. The van der Waals surface area contributed by atoms with E-state index >= 15 is 0 Å². The number of nitrogens with zero attached hydrogens (tertiary/aromatic N) is 3. The van der Waals surface area contributed by atoms with Gasteiger partial charge in [-0.2, -0.15) is 5.26 Å². The number of benzene rings is 2. The minimum Gasteiger partial charge on any atom is -0.458 e. The monoisotopic (exact) mass is 417 g/mol. The van der Waals surface area contributed by atoms with Crippen molar-refractivity contribution in [2.24, 2.45) is 0 Å². The van der Waals surface area contributed by atoms with Crippen molar-refractivity contribution in [1.82, 2.24) is 4.90 Å². The van der Waals surface area contributed by atoms with E-state index < -0.39 is 11.6 Å². The number of para-hydroxylation sites is 1. The van der Waals surface area contributed by atoms with E-state index in [4.69, 9.17) is 4.74 Å². The second-order valence-electron chi connectivity index (χ2n) is 7.72. The van der Waals surface area contributed by atoms with Crippen LogP contribution in [0.3, 0.4) is 0 Å². The molecule has 0 bridgehead atoms. The molecule has 0 aromatic heterocycles. The quantitative estimate of drug-likeness (QED) is 0.672. The van der Waals surface area contributed by atoms with Crippen LogP contribution in [0.1, 0.15) is 54.1 Å². The molecule has 2 amide bonds. The number of nitriles is 1. The molecule has 7 heteroatoms. The smallest absolute Gasteiger partial charge is 0.354 e. The van der Waals surface area contributed by atoms with Gasteiger partial charge in [-0.15, -0.1) is 0 Å². The van der Waals surface area contributed by atoms with Crippen LogP contribution in [0, 0.1) is 11.3 Å². The van der Waals surface area contributed by atoms with E-state index in [1.54, 1.807) is 48.5 Å². The number of amides is 2. The summed E-state index contributed by atoms with van der Waals surface area (Å²) in [6, 6.07) is 15.8. The Morgan fingerprint density at radius 2 is 1.90 bits per heavy atom. The van der Waals surface area contributed by atoms with Gasteiger partial charge in [-0.1, -0.05) is 43.7 Å². The Balaban J connectivity index is 1.74. The van der Waals surface area contributed by atoms with E-state index in [1.807, 2.05) is 6.92 Å². The summed E-state index contributed by atoms with van der Waals surface area (Å²) in [6.07, 6.45) is 1.85. The number of hydrogen-bond donors (Lipinski definition) is 0. The first-order valence-corrected chi connectivity index (χ1v) is 10.4. The van der Waals surface area contributed by atoms with Crippen LogP contribution >= 0.6 is 0 Å². The second kappa shape index (κ2) is 8.23. The van der Waals surface area contributed by atoms with Gasteiger partial charge < -0.3 is 9.64 Å². The molecule has 2 aliphatic heterocycles. The van der Waals surface area contributed by atoms with Gasteiger partial charge in [-0.05, 0) is 24.6 Å². The molecular formula is C24H23N3O4. The van der Waals surface area contributed by atoms with Gasteiger partial charge in [0.15, 0.2) is 0 Å². The van der Waals surface area contributed by atoms with Crippen molar-refractivity contribution in [3.63, 3.8) is 0 Å². The SMILES string of the molecule is CCCCN1C(=O)c2ccccc2N2C(=O)CC[C@@]12C(=O)OCc1ccccc1C#N. The summed E-state index contributed by atoms with van der Waals surface area (Å²) < 4.78 is 5.66. The maximum atomic E-state index is 13.6. The third-order valence-electron chi connectivity index (χ3n) is 5.93. The highest BCUT2D eigenvalue weighted by atomic mass is 16.5. The molecule has 0 unspecified atom stereocenters. The molecule has 2 aromatic rings. The lowest BCUT2D eigenvalue weighted by Crippen LogP contribution is -2.68. The lowest BCUT2D eigenvalue weighted by Gasteiger charge is -2.48. The molecule has 0 saturated carbocycles.